The van der Waals surface area contributed by atoms with Gasteiger partial charge < -0.3 is 10.6 Å². The molecule has 4 nitrogen and oxygen atoms in total. The lowest BCUT2D eigenvalue weighted by Crippen LogP contribution is -2.37. The number of aliphatic imine (C=N–C) groups is 1. The normalized spacial score (nSPS) is 17.4. The fraction of sp³-hybridized carbons (Fsp3) is 0.250. The zero-order valence-corrected chi connectivity index (χ0v) is 11.5. The second-order valence-corrected chi connectivity index (χ2v) is 5.03. The van der Waals surface area contributed by atoms with Crippen molar-refractivity contribution < 1.29 is 0 Å². The smallest absolute Gasteiger partial charge is 0.191 e. The summed E-state index contributed by atoms with van der Waals surface area (Å²) in [6.07, 6.45) is 3.68. The fourth-order valence-corrected chi connectivity index (χ4v) is 2.24. The number of hydrogen-bond acceptors (Lipinski definition) is 4. The lowest BCUT2D eigenvalue weighted by molar-refractivity contribution is 0.713. The topological polar surface area (TPSA) is 49.3 Å². The zero-order chi connectivity index (χ0) is 13.8. The van der Waals surface area contributed by atoms with Crippen molar-refractivity contribution in [2.45, 2.75) is 19.5 Å². The molecular formula is C16H18N4. The van der Waals surface area contributed by atoms with Crippen LogP contribution in [0.2, 0.25) is 0 Å². The molecule has 1 aromatic heterocycles. The van der Waals surface area contributed by atoms with Gasteiger partial charge in [0.05, 0.1) is 6.54 Å². The summed E-state index contributed by atoms with van der Waals surface area (Å²) in [6, 6.07) is 12.9. The van der Waals surface area contributed by atoms with Gasteiger partial charge in [0.25, 0.3) is 0 Å². The first-order chi connectivity index (χ1) is 9.81. The van der Waals surface area contributed by atoms with E-state index in [9.17, 15) is 0 Å². The van der Waals surface area contributed by atoms with Crippen LogP contribution < -0.4 is 10.6 Å². The molecule has 1 unspecified atom stereocenters. The number of pyridine rings is 1. The summed E-state index contributed by atoms with van der Waals surface area (Å²) >= 11 is 0. The monoisotopic (exact) mass is 266 g/mol. The molecule has 0 spiro atoms. The molecule has 1 aliphatic heterocycles. The summed E-state index contributed by atoms with van der Waals surface area (Å²) < 4.78 is 0. The largest absolute Gasteiger partial charge is 0.352 e. The molecule has 0 bridgehead atoms. The van der Waals surface area contributed by atoms with Gasteiger partial charge in [-0.15, -0.1) is 0 Å². The Morgan fingerprint density at radius 2 is 2.15 bits per heavy atom. The molecule has 2 aromatic rings. The van der Waals surface area contributed by atoms with E-state index in [1.165, 1.54) is 11.1 Å². The van der Waals surface area contributed by atoms with Crippen molar-refractivity contribution in [2.75, 3.05) is 6.54 Å². The first-order valence-electron chi connectivity index (χ1n) is 6.85. The quantitative estimate of drug-likeness (QED) is 0.895. The van der Waals surface area contributed by atoms with Gasteiger partial charge in [0.15, 0.2) is 5.96 Å². The molecule has 1 aliphatic rings. The van der Waals surface area contributed by atoms with Gasteiger partial charge in [0.1, 0.15) is 0 Å². The van der Waals surface area contributed by atoms with E-state index in [-0.39, 0.29) is 0 Å². The Labute approximate surface area is 119 Å². The van der Waals surface area contributed by atoms with E-state index in [2.05, 4.69) is 57.9 Å². The Balaban J connectivity index is 1.69. The summed E-state index contributed by atoms with van der Waals surface area (Å²) in [5.74, 6) is 0.893. The molecule has 1 aromatic carbocycles. The highest BCUT2D eigenvalue weighted by molar-refractivity contribution is 5.81. The molecule has 3 rings (SSSR count). The lowest BCUT2D eigenvalue weighted by atomic mass is 10.0. The first kappa shape index (κ1) is 12.7. The van der Waals surface area contributed by atoms with Crippen molar-refractivity contribution in [3.63, 3.8) is 0 Å². The molecule has 1 atom stereocenters. The van der Waals surface area contributed by atoms with Crippen LogP contribution in [-0.2, 0) is 6.54 Å². The molecular weight excluding hydrogens is 248 g/mol. The molecule has 4 heteroatoms. The number of nitrogens with zero attached hydrogens (tertiary/aromatic N) is 2. The minimum absolute atomic E-state index is 0.430. The highest BCUT2D eigenvalue weighted by atomic mass is 15.2. The van der Waals surface area contributed by atoms with Crippen molar-refractivity contribution in [3.8, 4) is 11.1 Å². The Morgan fingerprint density at radius 1 is 1.25 bits per heavy atom. The maximum absolute atomic E-state index is 4.40. The van der Waals surface area contributed by atoms with Gasteiger partial charge in [-0.05, 0) is 35.7 Å². The number of guanidine groups is 1. The number of aromatic nitrogens is 1. The summed E-state index contributed by atoms with van der Waals surface area (Å²) in [4.78, 5) is 8.56. The molecule has 2 N–H and O–H groups in total. The van der Waals surface area contributed by atoms with Gasteiger partial charge in [-0.3, -0.25) is 9.98 Å². The molecule has 0 saturated carbocycles. The van der Waals surface area contributed by atoms with E-state index in [1.807, 2.05) is 12.3 Å². The molecule has 0 radical (unpaired) electrons. The average molecular weight is 266 g/mol. The Kier molecular flexibility index (Phi) is 3.63. The van der Waals surface area contributed by atoms with Gasteiger partial charge in [-0.25, -0.2) is 0 Å². The van der Waals surface area contributed by atoms with Crippen LogP contribution in [0.3, 0.4) is 0 Å². The van der Waals surface area contributed by atoms with Crippen LogP contribution in [0.5, 0.6) is 0 Å². The Bertz CT molecular complexity index is 607. The maximum atomic E-state index is 4.40. The van der Waals surface area contributed by atoms with Crippen LogP contribution in [0, 0.1) is 0 Å². The summed E-state index contributed by atoms with van der Waals surface area (Å²) in [5, 5.41) is 6.63. The Morgan fingerprint density at radius 3 is 2.90 bits per heavy atom. The summed E-state index contributed by atoms with van der Waals surface area (Å²) in [5.41, 5.74) is 3.56. The molecule has 0 aliphatic carbocycles. The van der Waals surface area contributed by atoms with Crippen LogP contribution >= 0.6 is 0 Å². The Hall–Kier alpha value is -2.36. The van der Waals surface area contributed by atoms with E-state index in [4.69, 9.17) is 0 Å². The highest BCUT2D eigenvalue weighted by Crippen LogP contribution is 2.19. The zero-order valence-electron chi connectivity index (χ0n) is 11.5. The van der Waals surface area contributed by atoms with Gasteiger partial charge in [0.2, 0.25) is 0 Å². The average Bonchev–Trinajstić information content (AvgIpc) is 2.92. The predicted octanol–water partition coefficient (Wildman–Crippen LogP) is 2.19. The number of rotatable bonds is 3. The number of hydrogen-bond donors (Lipinski definition) is 2. The predicted molar refractivity (Wildman–Crippen MR) is 81.4 cm³/mol. The SMILES string of the molecule is CC1CN=C(NCc2cccc(-c3cccnc3)c2)N1. The minimum atomic E-state index is 0.430. The van der Waals surface area contributed by atoms with Gasteiger partial charge in [0, 0.05) is 25.0 Å². The van der Waals surface area contributed by atoms with E-state index < -0.39 is 0 Å². The number of nitrogens with one attached hydrogen (secondary N) is 2. The molecule has 2 heterocycles. The van der Waals surface area contributed by atoms with E-state index in [0.29, 0.717) is 6.04 Å². The van der Waals surface area contributed by atoms with Gasteiger partial charge >= 0.3 is 0 Å². The minimum Gasteiger partial charge on any atom is -0.352 e. The third kappa shape index (κ3) is 2.96. The third-order valence-electron chi connectivity index (χ3n) is 3.29. The van der Waals surface area contributed by atoms with Crippen LogP contribution in [0.25, 0.3) is 11.1 Å². The van der Waals surface area contributed by atoms with Crippen molar-refractivity contribution in [1.29, 1.82) is 0 Å². The van der Waals surface area contributed by atoms with Crippen molar-refractivity contribution in [2.24, 2.45) is 4.99 Å². The van der Waals surface area contributed by atoms with Crippen molar-refractivity contribution in [3.05, 3.63) is 54.4 Å². The molecule has 0 amide bonds. The molecule has 20 heavy (non-hydrogen) atoms. The van der Waals surface area contributed by atoms with Crippen LogP contribution in [0.1, 0.15) is 12.5 Å². The van der Waals surface area contributed by atoms with Crippen LogP contribution in [-0.4, -0.2) is 23.5 Å². The lowest BCUT2D eigenvalue weighted by Gasteiger charge is -2.10. The first-order valence-corrected chi connectivity index (χ1v) is 6.85. The highest BCUT2D eigenvalue weighted by Gasteiger charge is 2.11. The van der Waals surface area contributed by atoms with Crippen molar-refractivity contribution >= 4 is 5.96 Å². The van der Waals surface area contributed by atoms with Crippen LogP contribution in [0.15, 0.2) is 53.8 Å². The standard InChI is InChI=1S/C16H18N4/c1-12-9-18-16(20-12)19-10-13-4-2-5-14(8-13)15-6-3-7-17-11-15/h2-8,11-12H,9-10H2,1H3,(H2,18,19,20). The maximum Gasteiger partial charge on any atom is 0.191 e. The van der Waals surface area contributed by atoms with E-state index >= 15 is 0 Å². The number of benzene rings is 1. The van der Waals surface area contributed by atoms with Crippen molar-refractivity contribution in [1.82, 2.24) is 15.6 Å². The summed E-state index contributed by atoms with van der Waals surface area (Å²) in [6.45, 7) is 3.74. The molecule has 0 fully saturated rings. The van der Waals surface area contributed by atoms with Gasteiger partial charge in [-0.1, -0.05) is 24.3 Å². The van der Waals surface area contributed by atoms with Gasteiger partial charge in [-0.2, -0.15) is 0 Å². The second-order valence-electron chi connectivity index (χ2n) is 5.03. The second kappa shape index (κ2) is 5.74. The molecule has 102 valence electrons. The van der Waals surface area contributed by atoms with E-state index in [0.717, 1.165) is 24.6 Å². The molecule has 0 saturated heterocycles. The third-order valence-corrected chi connectivity index (χ3v) is 3.29. The van der Waals surface area contributed by atoms with Crippen LogP contribution in [0.4, 0.5) is 0 Å². The van der Waals surface area contributed by atoms with E-state index in [1.54, 1.807) is 6.20 Å². The fourth-order valence-electron chi connectivity index (χ4n) is 2.24. The summed E-state index contributed by atoms with van der Waals surface area (Å²) in [7, 11) is 0.